The molecule has 0 radical (unpaired) electrons. The number of anilines is 1. The number of nitrogens with two attached hydrogens (primary N) is 1. The summed E-state index contributed by atoms with van der Waals surface area (Å²) in [5.41, 5.74) is 7.06. The molecule has 1 unspecified atom stereocenters. The van der Waals surface area contributed by atoms with E-state index in [4.69, 9.17) is 5.73 Å². The van der Waals surface area contributed by atoms with Crippen molar-refractivity contribution < 1.29 is 4.79 Å². The van der Waals surface area contributed by atoms with E-state index >= 15 is 0 Å². The van der Waals surface area contributed by atoms with Crippen molar-refractivity contribution in [3.63, 3.8) is 0 Å². The standard InChI is InChI=1S/C12H15BrN2O/c1-8-3-2-6-15(8)12(16)9-4-5-11(14)10(13)7-9/h4-5,7-8H,2-3,6,14H2,1H3. The van der Waals surface area contributed by atoms with Crippen LogP contribution in [0, 0.1) is 0 Å². The third kappa shape index (κ3) is 2.07. The lowest BCUT2D eigenvalue weighted by atomic mass is 10.1. The van der Waals surface area contributed by atoms with E-state index in [1.165, 1.54) is 0 Å². The molecule has 1 atom stereocenters. The van der Waals surface area contributed by atoms with E-state index < -0.39 is 0 Å². The van der Waals surface area contributed by atoms with Gasteiger partial charge in [0, 0.05) is 28.3 Å². The SMILES string of the molecule is CC1CCCN1C(=O)c1ccc(N)c(Br)c1. The average Bonchev–Trinajstić information content (AvgIpc) is 2.67. The molecule has 1 fully saturated rings. The first-order valence-corrected chi connectivity index (χ1v) is 6.25. The maximum absolute atomic E-state index is 12.2. The molecule has 2 N–H and O–H groups in total. The molecule has 2 rings (SSSR count). The van der Waals surface area contributed by atoms with E-state index in [1.54, 1.807) is 18.2 Å². The van der Waals surface area contributed by atoms with E-state index in [1.807, 2.05) is 4.90 Å². The number of amides is 1. The predicted octanol–water partition coefficient (Wildman–Crippen LogP) is 2.66. The first-order chi connectivity index (χ1) is 7.59. The summed E-state index contributed by atoms with van der Waals surface area (Å²) in [6.45, 7) is 2.96. The molecule has 86 valence electrons. The van der Waals surface area contributed by atoms with Crippen molar-refractivity contribution >= 4 is 27.5 Å². The third-order valence-corrected chi connectivity index (χ3v) is 3.75. The van der Waals surface area contributed by atoms with Crippen LogP contribution in [-0.4, -0.2) is 23.4 Å². The summed E-state index contributed by atoms with van der Waals surface area (Å²) in [7, 11) is 0. The largest absolute Gasteiger partial charge is 0.398 e. The van der Waals surface area contributed by atoms with Crippen LogP contribution in [0.1, 0.15) is 30.1 Å². The molecule has 1 amide bonds. The van der Waals surface area contributed by atoms with Gasteiger partial charge in [-0.25, -0.2) is 0 Å². The number of carbonyl (C=O) groups is 1. The molecule has 1 aromatic rings. The molecule has 1 heterocycles. The van der Waals surface area contributed by atoms with Gasteiger partial charge < -0.3 is 10.6 Å². The number of halogens is 1. The van der Waals surface area contributed by atoms with Gasteiger partial charge in [-0.2, -0.15) is 0 Å². The maximum atomic E-state index is 12.2. The highest BCUT2D eigenvalue weighted by molar-refractivity contribution is 9.10. The summed E-state index contributed by atoms with van der Waals surface area (Å²) in [5.74, 6) is 0.103. The van der Waals surface area contributed by atoms with Gasteiger partial charge in [-0.05, 0) is 53.9 Å². The van der Waals surface area contributed by atoms with Crippen LogP contribution in [0.25, 0.3) is 0 Å². The Morgan fingerprint density at radius 1 is 1.56 bits per heavy atom. The molecule has 3 nitrogen and oxygen atoms in total. The molecule has 0 saturated carbocycles. The topological polar surface area (TPSA) is 46.3 Å². The van der Waals surface area contributed by atoms with E-state index in [0.29, 0.717) is 17.3 Å². The molecular formula is C12H15BrN2O. The summed E-state index contributed by atoms with van der Waals surface area (Å²) >= 11 is 3.34. The summed E-state index contributed by atoms with van der Waals surface area (Å²) in [4.78, 5) is 14.1. The summed E-state index contributed by atoms with van der Waals surface area (Å²) < 4.78 is 0.783. The Morgan fingerprint density at radius 2 is 2.31 bits per heavy atom. The minimum Gasteiger partial charge on any atom is -0.398 e. The van der Waals surface area contributed by atoms with Gasteiger partial charge in [0.2, 0.25) is 0 Å². The zero-order valence-electron chi connectivity index (χ0n) is 9.24. The Hall–Kier alpha value is -1.03. The number of carbonyl (C=O) groups excluding carboxylic acids is 1. The van der Waals surface area contributed by atoms with Gasteiger partial charge in [-0.1, -0.05) is 0 Å². The zero-order valence-corrected chi connectivity index (χ0v) is 10.8. The first kappa shape index (κ1) is 11.5. The summed E-state index contributed by atoms with van der Waals surface area (Å²) in [5, 5.41) is 0. The highest BCUT2D eigenvalue weighted by Gasteiger charge is 2.25. The maximum Gasteiger partial charge on any atom is 0.254 e. The van der Waals surface area contributed by atoms with Crippen LogP contribution in [0.4, 0.5) is 5.69 Å². The van der Waals surface area contributed by atoms with Crippen molar-refractivity contribution in [1.82, 2.24) is 4.90 Å². The van der Waals surface area contributed by atoms with Crippen molar-refractivity contribution in [2.24, 2.45) is 0 Å². The van der Waals surface area contributed by atoms with E-state index in [0.717, 1.165) is 23.9 Å². The number of nitrogen functional groups attached to an aromatic ring is 1. The van der Waals surface area contributed by atoms with Crippen LogP contribution in [0.5, 0.6) is 0 Å². The summed E-state index contributed by atoms with van der Waals surface area (Å²) in [6.07, 6.45) is 2.20. The van der Waals surface area contributed by atoms with Gasteiger partial charge in [-0.15, -0.1) is 0 Å². The number of hydrogen-bond acceptors (Lipinski definition) is 2. The van der Waals surface area contributed by atoms with Crippen LogP contribution in [-0.2, 0) is 0 Å². The van der Waals surface area contributed by atoms with Crippen molar-refractivity contribution in [3.8, 4) is 0 Å². The van der Waals surface area contributed by atoms with Gasteiger partial charge in [0.1, 0.15) is 0 Å². The van der Waals surface area contributed by atoms with Crippen LogP contribution in [0.15, 0.2) is 22.7 Å². The van der Waals surface area contributed by atoms with Gasteiger partial charge in [-0.3, -0.25) is 4.79 Å². The van der Waals surface area contributed by atoms with Crippen LogP contribution >= 0.6 is 15.9 Å². The molecule has 1 saturated heterocycles. The van der Waals surface area contributed by atoms with Crippen molar-refractivity contribution in [2.75, 3.05) is 12.3 Å². The van der Waals surface area contributed by atoms with Crippen molar-refractivity contribution in [2.45, 2.75) is 25.8 Å². The number of likely N-dealkylation sites (tertiary alicyclic amines) is 1. The van der Waals surface area contributed by atoms with Crippen LogP contribution in [0.2, 0.25) is 0 Å². The predicted molar refractivity (Wildman–Crippen MR) is 68.3 cm³/mol. The van der Waals surface area contributed by atoms with E-state index in [2.05, 4.69) is 22.9 Å². The lowest BCUT2D eigenvalue weighted by Crippen LogP contribution is -2.33. The highest BCUT2D eigenvalue weighted by atomic mass is 79.9. The van der Waals surface area contributed by atoms with Crippen LogP contribution in [0.3, 0.4) is 0 Å². The molecule has 0 spiro atoms. The number of nitrogens with zero attached hydrogens (tertiary/aromatic N) is 1. The highest BCUT2D eigenvalue weighted by Crippen LogP contribution is 2.24. The lowest BCUT2D eigenvalue weighted by Gasteiger charge is -2.21. The average molecular weight is 283 g/mol. The quantitative estimate of drug-likeness (QED) is 0.805. The van der Waals surface area contributed by atoms with Gasteiger partial charge in [0.15, 0.2) is 0 Å². The van der Waals surface area contributed by atoms with Gasteiger partial charge in [0.25, 0.3) is 5.91 Å². The molecule has 16 heavy (non-hydrogen) atoms. The molecule has 1 aliphatic heterocycles. The van der Waals surface area contributed by atoms with E-state index in [9.17, 15) is 4.79 Å². The fourth-order valence-corrected chi connectivity index (χ4v) is 2.44. The molecule has 0 bridgehead atoms. The number of rotatable bonds is 1. The zero-order chi connectivity index (χ0) is 11.7. The second-order valence-corrected chi connectivity index (χ2v) is 5.08. The molecule has 0 aromatic heterocycles. The second kappa shape index (κ2) is 4.45. The van der Waals surface area contributed by atoms with Gasteiger partial charge >= 0.3 is 0 Å². The minimum atomic E-state index is 0.103. The molecule has 1 aromatic carbocycles. The molecule has 0 aliphatic carbocycles. The Morgan fingerprint density at radius 3 is 2.88 bits per heavy atom. The Labute approximate surface area is 104 Å². The summed E-state index contributed by atoms with van der Waals surface area (Å²) in [6, 6.07) is 5.69. The van der Waals surface area contributed by atoms with Gasteiger partial charge in [0.05, 0.1) is 0 Å². The lowest BCUT2D eigenvalue weighted by molar-refractivity contribution is 0.0747. The first-order valence-electron chi connectivity index (χ1n) is 5.45. The fraction of sp³-hybridized carbons (Fsp3) is 0.417. The molecule has 4 heteroatoms. The van der Waals surface area contributed by atoms with E-state index in [-0.39, 0.29) is 5.91 Å². The Bertz CT molecular complexity index is 419. The normalized spacial score (nSPS) is 20.1. The molecule has 1 aliphatic rings. The Kier molecular flexibility index (Phi) is 3.19. The fourth-order valence-electron chi connectivity index (χ4n) is 2.06. The minimum absolute atomic E-state index is 0.103. The number of benzene rings is 1. The number of hydrogen-bond donors (Lipinski definition) is 1. The van der Waals surface area contributed by atoms with Crippen molar-refractivity contribution in [1.29, 1.82) is 0 Å². The smallest absolute Gasteiger partial charge is 0.254 e. The monoisotopic (exact) mass is 282 g/mol. The third-order valence-electron chi connectivity index (χ3n) is 3.06. The van der Waals surface area contributed by atoms with Crippen molar-refractivity contribution in [3.05, 3.63) is 28.2 Å². The molecular weight excluding hydrogens is 268 g/mol. The second-order valence-electron chi connectivity index (χ2n) is 4.23. The Balaban J connectivity index is 2.23. The van der Waals surface area contributed by atoms with Crippen LogP contribution < -0.4 is 5.73 Å².